The summed E-state index contributed by atoms with van der Waals surface area (Å²) in [5.74, 6) is -0.467. The Labute approximate surface area is 166 Å². The zero-order valence-electron chi connectivity index (χ0n) is 16.1. The molecule has 0 unspecified atom stereocenters. The predicted octanol–water partition coefficient (Wildman–Crippen LogP) is 2.24. The summed E-state index contributed by atoms with van der Waals surface area (Å²) >= 11 is 0. The van der Waals surface area contributed by atoms with Crippen LogP contribution < -0.4 is 9.62 Å². The number of nitrogens with zero attached hydrogens (tertiary/aromatic N) is 2. The van der Waals surface area contributed by atoms with Gasteiger partial charge in [0.1, 0.15) is 5.82 Å². The molecule has 2 aromatic rings. The van der Waals surface area contributed by atoms with Crippen molar-refractivity contribution in [3.63, 3.8) is 0 Å². The Morgan fingerprint density at radius 1 is 1.07 bits per heavy atom. The quantitative estimate of drug-likeness (QED) is 0.763. The van der Waals surface area contributed by atoms with E-state index in [1.165, 1.54) is 12.1 Å². The molecule has 1 aliphatic rings. The van der Waals surface area contributed by atoms with Crippen LogP contribution in [0.1, 0.15) is 11.6 Å². The Hall–Kier alpha value is -2.00. The van der Waals surface area contributed by atoms with Gasteiger partial charge in [-0.25, -0.2) is 17.5 Å². The van der Waals surface area contributed by atoms with E-state index in [4.69, 9.17) is 4.74 Å². The highest BCUT2D eigenvalue weighted by Gasteiger charge is 2.25. The molecule has 0 bridgehead atoms. The number of hydrogen-bond acceptors (Lipinski definition) is 5. The highest BCUT2D eigenvalue weighted by molar-refractivity contribution is 7.89. The molecule has 0 spiro atoms. The van der Waals surface area contributed by atoms with Crippen LogP contribution in [0.15, 0.2) is 53.4 Å². The lowest BCUT2D eigenvalue weighted by atomic mass is 10.0. The molecule has 3 rings (SSSR count). The number of hydrogen-bond donors (Lipinski definition) is 1. The number of nitrogens with one attached hydrogen (secondary N) is 1. The molecule has 1 saturated heterocycles. The van der Waals surface area contributed by atoms with E-state index in [1.54, 1.807) is 0 Å². The minimum atomic E-state index is -3.72. The Bertz CT molecular complexity index is 865. The van der Waals surface area contributed by atoms with Crippen LogP contribution in [0.3, 0.4) is 0 Å². The van der Waals surface area contributed by atoms with Crippen LogP contribution in [-0.2, 0) is 14.8 Å². The fraction of sp³-hybridized carbons (Fsp3) is 0.400. The maximum Gasteiger partial charge on any atom is 0.240 e. The predicted molar refractivity (Wildman–Crippen MR) is 107 cm³/mol. The van der Waals surface area contributed by atoms with Crippen LogP contribution in [0.2, 0.25) is 0 Å². The van der Waals surface area contributed by atoms with Gasteiger partial charge in [0.15, 0.2) is 0 Å². The van der Waals surface area contributed by atoms with Crippen LogP contribution in [0.4, 0.5) is 10.1 Å². The summed E-state index contributed by atoms with van der Waals surface area (Å²) in [7, 11) is 0.232. The van der Waals surface area contributed by atoms with Gasteiger partial charge in [-0.15, -0.1) is 0 Å². The fourth-order valence-electron chi connectivity index (χ4n) is 3.23. The topological polar surface area (TPSA) is 61.9 Å². The van der Waals surface area contributed by atoms with E-state index in [0.717, 1.165) is 36.5 Å². The third-order valence-corrected chi connectivity index (χ3v) is 6.31. The van der Waals surface area contributed by atoms with Gasteiger partial charge in [-0.05, 0) is 42.0 Å². The number of rotatable bonds is 7. The van der Waals surface area contributed by atoms with E-state index < -0.39 is 15.8 Å². The van der Waals surface area contributed by atoms with E-state index in [2.05, 4.69) is 9.62 Å². The third kappa shape index (κ3) is 5.08. The van der Waals surface area contributed by atoms with Gasteiger partial charge >= 0.3 is 0 Å². The van der Waals surface area contributed by atoms with E-state index in [9.17, 15) is 12.8 Å². The molecule has 0 aliphatic carbocycles. The van der Waals surface area contributed by atoms with Crippen LogP contribution in [0.25, 0.3) is 0 Å². The molecule has 1 fully saturated rings. The molecular weight excluding hydrogens is 381 g/mol. The van der Waals surface area contributed by atoms with Crippen molar-refractivity contribution in [2.75, 3.05) is 51.8 Å². The number of benzene rings is 2. The van der Waals surface area contributed by atoms with Gasteiger partial charge in [0.2, 0.25) is 10.0 Å². The first-order valence-corrected chi connectivity index (χ1v) is 10.7. The van der Waals surface area contributed by atoms with Crippen molar-refractivity contribution in [1.29, 1.82) is 0 Å². The van der Waals surface area contributed by atoms with Crippen LogP contribution in [-0.4, -0.2) is 60.3 Å². The second kappa shape index (κ2) is 9.00. The molecule has 1 heterocycles. The Morgan fingerprint density at radius 2 is 1.68 bits per heavy atom. The van der Waals surface area contributed by atoms with Gasteiger partial charge in [-0.1, -0.05) is 12.1 Å². The van der Waals surface area contributed by atoms with Crippen LogP contribution >= 0.6 is 0 Å². The minimum absolute atomic E-state index is 0.0533. The summed E-state index contributed by atoms with van der Waals surface area (Å²) in [6.07, 6.45) is 0. The summed E-state index contributed by atoms with van der Waals surface area (Å²) in [6.45, 7) is 2.94. The fourth-order valence-corrected chi connectivity index (χ4v) is 4.27. The van der Waals surface area contributed by atoms with Crippen molar-refractivity contribution in [3.05, 3.63) is 59.9 Å². The molecule has 152 valence electrons. The molecule has 0 aromatic heterocycles. The third-order valence-electron chi connectivity index (χ3n) is 4.87. The monoisotopic (exact) mass is 407 g/mol. The van der Waals surface area contributed by atoms with Gasteiger partial charge in [-0.3, -0.25) is 4.90 Å². The van der Waals surface area contributed by atoms with Crippen molar-refractivity contribution in [3.8, 4) is 0 Å². The summed E-state index contributed by atoms with van der Waals surface area (Å²) < 4.78 is 46.5. The zero-order chi connectivity index (χ0) is 20.1. The summed E-state index contributed by atoms with van der Waals surface area (Å²) in [4.78, 5) is 4.30. The SMILES string of the molecule is CN(C)c1ccc([C@@H](CNS(=O)(=O)c2ccc(F)cc2)N2CCOCC2)cc1. The summed E-state index contributed by atoms with van der Waals surface area (Å²) in [6, 6.07) is 12.8. The first-order valence-electron chi connectivity index (χ1n) is 9.21. The average molecular weight is 408 g/mol. The van der Waals surface area contributed by atoms with Crippen molar-refractivity contribution in [2.24, 2.45) is 0 Å². The maximum absolute atomic E-state index is 13.1. The average Bonchev–Trinajstić information content (AvgIpc) is 2.69. The minimum Gasteiger partial charge on any atom is -0.379 e. The molecule has 0 radical (unpaired) electrons. The Morgan fingerprint density at radius 3 is 2.25 bits per heavy atom. The molecule has 1 atom stereocenters. The first kappa shape index (κ1) is 20.7. The van der Waals surface area contributed by atoms with E-state index >= 15 is 0 Å². The summed E-state index contributed by atoms with van der Waals surface area (Å²) in [5.41, 5.74) is 2.12. The molecule has 2 aromatic carbocycles. The van der Waals surface area contributed by atoms with Gasteiger partial charge in [-0.2, -0.15) is 0 Å². The lowest BCUT2D eigenvalue weighted by Crippen LogP contribution is -2.43. The number of morpholine rings is 1. The number of ether oxygens (including phenoxy) is 1. The molecule has 1 N–H and O–H groups in total. The molecule has 28 heavy (non-hydrogen) atoms. The molecule has 1 aliphatic heterocycles. The van der Waals surface area contributed by atoms with Gasteiger partial charge in [0, 0.05) is 45.5 Å². The Kier molecular flexibility index (Phi) is 6.66. The van der Waals surface area contributed by atoms with Gasteiger partial charge in [0.25, 0.3) is 0 Å². The second-order valence-corrected chi connectivity index (χ2v) is 8.72. The van der Waals surface area contributed by atoms with Crippen molar-refractivity contribution in [2.45, 2.75) is 10.9 Å². The standard InChI is InChI=1S/C20H26FN3O3S/c1-23(2)18-7-3-16(4-8-18)20(24-11-13-27-14-12-24)15-22-28(25,26)19-9-5-17(21)6-10-19/h3-10,20,22H,11-15H2,1-2H3/t20-/m1/s1. The van der Waals surface area contributed by atoms with Crippen molar-refractivity contribution < 1.29 is 17.5 Å². The Balaban J connectivity index is 1.79. The van der Waals surface area contributed by atoms with Crippen LogP contribution in [0, 0.1) is 5.82 Å². The molecule has 8 heteroatoms. The van der Waals surface area contributed by atoms with Gasteiger partial charge < -0.3 is 9.64 Å². The largest absolute Gasteiger partial charge is 0.379 e. The molecule has 6 nitrogen and oxygen atoms in total. The lowest BCUT2D eigenvalue weighted by molar-refractivity contribution is 0.0172. The molecule has 0 saturated carbocycles. The molecule has 0 amide bonds. The lowest BCUT2D eigenvalue weighted by Gasteiger charge is -2.35. The van der Waals surface area contributed by atoms with Crippen LogP contribution in [0.5, 0.6) is 0 Å². The highest BCUT2D eigenvalue weighted by atomic mass is 32.2. The zero-order valence-corrected chi connectivity index (χ0v) is 17.0. The van der Waals surface area contributed by atoms with E-state index in [1.807, 2.05) is 43.3 Å². The smallest absolute Gasteiger partial charge is 0.240 e. The number of sulfonamides is 1. The maximum atomic E-state index is 13.1. The molecular formula is C20H26FN3O3S. The van der Waals surface area contributed by atoms with Crippen molar-refractivity contribution in [1.82, 2.24) is 9.62 Å². The van der Waals surface area contributed by atoms with Gasteiger partial charge in [0.05, 0.1) is 18.1 Å². The highest BCUT2D eigenvalue weighted by Crippen LogP contribution is 2.24. The summed E-state index contributed by atoms with van der Waals surface area (Å²) in [5, 5.41) is 0. The number of halogens is 1. The first-order chi connectivity index (χ1) is 13.4. The second-order valence-electron chi connectivity index (χ2n) is 6.96. The van der Waals surface area contributed by atoms with E-state index in [0.29, 0.717) is 13.2 Å². The number of anilines is 1. The van der Waals surface area contributed by atoms with E-state index in [-0.39, 0.29) is 17.5 Å². The normalized spacial score (nSPS) is 16.7. The van der Waals surface area contributed by atoms with Crippen molar-refractivity contribution >= 4 is 15.7 Å².